The van der Waals surface area contributed by atoms with Crippen molar-refractivity contribution in [3.63, 3.8) is 0 Å². The number of carbonyl (C=O) groups is 2. The van der Waals surface area contributed by atoms with E-state index in [1.165, 1.54) is 17.7 Å². The number of hydrogen-bond donors (Lipinski definition) is 3. The van der Waals surface area contributed by atoms with E-state index < -0.39 is 0 Å². The summed E-state index contributed by atoms with van der Waals surface area (Å²) in [6, 6.07) is 5.48. The van der Waals surface area contributed by atoms with Gasteiger partial charge in [-0.15, -0.1) is 0 Å². The van der Waals surface area contributed by atoms with Crippen molar-refractivity contribution in [2.75, 3.05) is 33.3 Å². The van der Waals surface area contributed by atoms with E-state index in [9.17, 15) is 9.59 Å². The highest BCUT2D eigenvalue weighted by Crippen LogP contribution is 2.35. The molecule has 9 nitrogen and oxygen atoms in total. The van der Waals surface area contributed by atoms with Crippen LogP contribution in [0.5, 0.6) is 11.5 Å². The van der Waals surface area contributed by atoms with Crippen LogP contribution in [0.25, 0.3) is 0 Å². The quantitative estimate of drug-likeness (QED) is 0.320. The molecule has 1 aromatic rings. The van der Waals surface area contributed by atoms with Crippen LogP contribution in [-0.4, -0.2) is 62.2 Å². The summed E-state index contributed by atoms with van der Waals surface area (Å²) >= 11 is 0. The number of amides is 3. The third kappa shape index (κ3) is 5.55. The van der Waals surface area contributed by atoms with E-state index in [4.69, 9.17) is 9.47 Å². The summed E-state index contributed by atoms with van der Waals surface area (Å²) in [6.07, 6.45) is 4.74. The molecule has 0 spiro atoms. The van der Waals surface area contributed by atoms with Crippen LogP contribution in [0.3, 0.4) is 0 Å². The highest BCUT2D eigenvalue weighted by molar-refractivity contribution is 6.01. The zero-order chi connectivity index (χ0) is 21.3. The first-order valence-electron chi connectivity index (χ1n) is 10.5. The minimum absolute atomic E-state index is 0.0621. The molecule has 1 aromatic carbocycles. The molecule has 0 unspecified atom stereocenters. The van der Waals surface area contributed by atoms with Crippen LogP contribution in [0.1, 0.15) is 38.2 Å². The van der Waals surface area contributed by atoms with E-state index in [0.29, 0.717) is 31.3 Å². The van der Waals surface area contributed by atoms with Crippen LogP contribution < -0.4 is 25.4 Å². The van der Waals surface area contributed by atoms with Gasteiger partial charge < -0.3 is 25.4 Å². The third-order valence-electron chi connectivity index (χ3n) is 5.18. The first kappa shape index (κ1) is 21.7. The van der Waals surface area contributed by atoms with Gasteiger partial charge in [0.15, 0.2) is 17.5 Å². The molecule has 164 valence electrons. The lowest BCUT2D eigenvalue weighted by Gasteiger charge is -2.19. The lowest BCUT2D eigenvalue weighted by molar-refractivity contribution is -0.124. The number of hydrogen-bond acceptors (Lipinski definition) is 5. The van der Waals surface area contributed by atoms with Crippen molar-refractivity contribution in [1.29, 1.82) is 0 Å². The largest absolute Gasteiger partial charge is 0.493 e. The molecule has 1 saturated heterocycles. The first-order chi connectivity index (χ1) is 14.6. The van der Waals surface area contributed by atoms with Gasteiger partial charge in [0.2, 0.25) is 5.91 Å². The van der Waals surface area contributed by atoms with E-state index in [1.54, 1.807) is 7.11 Å². The molecule has 1 aliphatic heterocycles. The number of imide groups is 1. The number of nitrogens with zero attached hydrogens (tertiary/aromatic N) is 2. The third-order valence-corrected chi connectivity index (χ3v) is 5.18. The normalized spacial score (nSPS) is 17.3. The van der Waals surface area contributed by atoms with Gasteiger partial charge in [0.05, 0.1) is 26.3 Å². The summed E-state index contributed by atoms with van der Waals surface area (Å²) in [4.78, 5) is 29.2. The molecule has 3 rings (SSSR count). The average Bonchev–Trinajstić information content (AvgIpc) is 3.37. The van der Waals surface area contributed by atoms with Gasteiger partial charge in [-0.2, -0.15) is 0 Å². The average molecular weight is 418 g/mol. The number of para-hydroxylation sites is 1. The molecule has 30 heavy (non-hydrogen) atoms. The fraction of sp³-hybridized carbons (Fsp3) is 0.571. The molecule has 9 heteroatoms. The number of carbonyl (C=O) groups excluding carboxylic acids is 2. The lowest BCUT2D eigenvalue weighted by atomic mass is 10.1. The number of ether oxygens (including phenoxy) is 2. The Bertz CT molecular complexity index is 761. The Balaban J connectivity index is 1.64. The van der Waals surface area contributed by atoms with Crippen molar-refractivity contribution >= 4 is 17.9 Å². The van der Waals surface area contributed by atoms with E-state index in [-0.39, 0.29) is 31.1 Å². The van der Waals surface area contributed by atoms with Crippen LogP contribution in [0.4, 0.5) is 4.79 Å². The smallest absolute Gasteiger partial charge is 0.324 e. The van der Waals surface area contributed by atoms with Gasteiger partial charge in [0.1, 0.15) is 0 Å². The van der Waals surface area contributed by atoms with Gasteiger partial charge in [0, 0.05) is 25.2 Å². The Hall–Kier alpha value is -2.97. The number of rotatable bonds is 9. The van der Waals surface area contributed by atoms with Crippen molar-refractivity contribution < 1.29 is 19.1 Å². The van der Waals surface area contributed by atoms with Crippen LogP contribution in [0.2, 0.25) is 0 Å². The number of aliphatic imine (C=N–C) groups is 1. The molecular formula is C21H31N5O4. The summed E-state index contributed by atoms with van der Waals surface area (Å²) in [5.74, 6) is 1.87. The zero-order valence-corrected chi connectivity index (χ0v) is 17.7. The maximum Gasteiger partial charge on any atom is 0.324 e. The maximum absolute atomic E-state index is 11.7. The van der Waals surface area contributed by atoms with Crippen molar-refractivity contribution in [3.05, 3.63) is 23.8 Å². The summed E-state index contributed by atoms with van der Waals surface area (Å²) < 4.78 is 11.8. The summed E-state index contributed by atoms with van der Waals surface area (Å²) in [6.45, 7) is 3.84. The van der Waals surface area contributed by atoms with E-state index in [0.717, 1.165) is 24.2 Å². The number of guanidine groups is 1. The van der Waals surface area contributed by atoms with Crippen LogP contribution >= 0.6 is 0 Å². The number of urea groups is 1. The van der Waals surface area contributed by atoms with Crippen LogP contribution in [0.15, 0.2) is 23.2 Å². The van der Waals surface area contributed by atoms with Crippen molar-refractivity contribution in [2.24, 2.45) is 4.99 Å². The van der Waals surface area contributed by atoms with Gasteiger partial charge in [-0.1, -0.05) is 12.1 Å². The lowest BCUT2D eigenvalue weighted by Crippen LogP contribution is -2.43. The molecule has 1 heterocycles. The molecule has 0 radical (unpaired) electrons. The Morgan fingerprint density at radius 1 is 1.27 bits per heavy atom. The van der Waals surface area contributed by atoms with Gasteiger partial charge in [0.25, 0.3) is 0 Å². The molecule has 2 aliphatic rings. The molecule has 0 aromatic heterocycles. The topological polar surface area (TPSA) is 104 Å². The minimum Gasteiger partial charge on any atom is -0.493 e. The number of benzene rings is 1. The second-order valence-electron chi connectivity index (χ2n) is 7.30. The molecule has 1 saturated carbocycles. The summed E-state index contributed by atoms with van der Waals surface area (Å²) in [5, 5.41) is 8.87. The van der Waals surface area contributed by atoms with Crippen LogP contribution in [-0.2, 0) is 11.3 Å². The standard InChI is InChI=1S/C21H31N5O4/c1-3-22-20(23-11-12-26-18(27)14-25-21(26)28)24-13-15-7-6-10-17(29-2)19(15)30-16-8-4-5-9-16/h6-7,10,16H,3-5,8-9,11-14H2,1-2H3,(H,25,28)(H2,22,23,24). The highest BCUT2D eigenvalue weighted by Gasteiger charge is 2.27. The second-order valence-corrected chi connectivity index (χ2v) is 7.30. The van der Waals surface area contributed by atoms with E-state index in [1.807, 2.05) is 25.1 Å². The van der Waals surface area contributed by atoms with Crippen molar-refractivity contribution in [2.45, 2.75) is 45.3 Å². The predicted molar refractivity (Wildman–Crippen MR) is 114 cm³/mol. The Kier molecular flexibility index (Phi) is 7.75. The number of nitrogens with one attached hydrogen (secondary N) is 3. The molecule has 3 N–H and O–H groups in total. The molecule has 0 atom stereocenters. The van der Waals surface area contributed by atoms with Gasteiger partial charge in [-0.3, -0.25) is 9.69 Å². The monoisotopic (exact) mass is 417 g/mol. The number of methoxy groups -OCH3 is 1. The molecule has 1 aliphatic carbocycles. The van der Waals surface area contributed by atoms with Gasteiger partial charge in [-0.05, 0) is 38.7 Å². The molecule has 3 amide bonds. The fourth-order valence-corrected chi connectivity index (χ4v) is 3.63. The molecule has 0 bridgehead atoms. The Morgan fingerprint density at radius 3 is 2.73 bits per heavy atom. The summed E-state index contributed by atoms with van der Waals surface area (Å²) in [7, 11) is 1.64. The Morgan fingerprint density at radius 2 is 2.07 bits per heavy atom. The SMILES string of the molecule is CCNC(=NCc1cccc(OC)c1OC1CCCC1)NCCN1C(=O)CNC1=O. The predicted octanol–water partition coefficient (Wildman–Crippen LogP) is 1.62. The second kappa shape index (κ2) is 10.7. The minimum atomic E-state index is -0.353. The molecular weight excluding hydrogens is 386 g/mol. The van der Waals surface area contributed by atoms with Gasteiger partial charge in [-0.25, -0.2) is 9.79 Å². The summed E-state index contributed by atoms with van der Waals surface area (Å²) in [5.41, 5.74) is 0.951. The van der Waals surface area contributed by atoms with Crippen molar-refractivity contribution in [3.8, 4) is 11.5 Å². The van der Waals surface area contributed by atoms with Crippen molar-refractivity contribution in [1.82, 2.24) is 20.9 Å². The fourth-order valence-electron chi connectivity index (χ4n) is 3.63. The highest BCUT2D eigenvalue weighted by atomic mass is 16.5. The van der Waals surface area contributed by atoms with E-state index >= 15 is 0 Å². The van der Waals surface area contributed by atoms with E-state index in [2.05, 4.69) is 20.9 Å². The van der Waals surface area contributed by atoms with Crippen LogP contribution in [0, 0.1) is 0 Å². The van der Waals surface area contributed by atoms with Gasteiger partial charge >= 0.3 is 6.03 Å². The Labute approximate surface area is 177 Å². The zero-order valence-electron chi connectivity index (χ0n) is 17.7. The maximum atomic E-state index is 11.7. The molecule has 2 fully saturated rings. The first-order valence-corrected chi connectivity index (χ1v) is 10.5.